The Bertz CT molecular complexity index is 174. The van der Waals surface area contributed by atoms with Crippen LogP contribution in [0.15, 0.2) is 11.6 Å². The van der Waals surface area contributed by atoms with Gasteiger partial charge >= 0.3 is 0 Å². The van der Waals surface area contributed by atoms with Gasteiger partial charge in [-0.15, -0.1) is 18.0 Å². The van der Waals surface area contributed by atoms with E-state index in [-0.39, 0.29) is 0 Å². The topological polar surface area (TPSA) is 0 Å². The van der Waals surface area contributed by atoms with Crippen LogP contribution < -0.4 is 0 Å². The summed E-state index contributed by atoms with van der Waals surface area (Å²) in [6, 6.07) is 0. The van der Waals surface area contributed by atoms with E-state index in [1.807, 2.05) is 6.08 Å². The van der Waals surface area contributed by atoms with E-state index in [0.29, 0.717) is 11.8 Å². The first-order valence-electron chi connectivity index (χ1n) is 4.48. The van der Waals surface area contributed by atoms with Gasteiger partial charge in [-0.05, 0) is 12.3 Å². The monoisotopic (exact) mass is 184 g/mol. The molecule has 0 aliphatic rings. The molecule has 0 bridgehead atoms. The van der Waals surface area contributed by atoms with E-state index < -0.39 is 0 Å². The van der Waals surface area contributed by atoms with E-state index in [0.717, 1.165) is 5.57 Å². The van der Waals surface area contributed by atoms with Crippen molar-refractivity contribution in [3.05, 3.63) is 11.6 Å². The summed E-state index contributed by atoms with van der Waals surface area (Å²) in [6.45, 7) is 4.35. The first-order valence-corrected chi connectivity index (χ1v) is 5.02. The lowest BCUT2D eigenvalue weighted by Gasteiger charge is -2.09. The van der Waals surface area contributed by atoms with Crippen LogP contribution in [0.1, 0.15) is 33.1 Å². The minimum absolute atomic E-state index is 0.494. The van der Waals surface area contributed by atoms with Crippen LogP contribution in [0.2, 0.25) is 0 Å². The summed E-state index contributed by atoms with van der Waals surface area (Å²) in [4.78, 5) is 0. The van der Waals surface area contributed by atoms with Crippen LogP contribution >= 0.6 is 11.6 Å². The second-order valence-corrected chi connectivity index (χ2v) is 3.31. The number of hydrogen-bond acceptors (Lipinski definition) is 0. The summed E-state index contributed by atoms with van der Waals surface area (Å²) in [6.07, 6.45) is 10.9. The predicted molar refractivity (Wildman–Crippen MR) is 56.3 cm³/mol. The van der Waals surface area contributed by atoms with E-state index in [9.17, 15) is 0 Å². The first kappa shape index (κ1) is 11.6. The SMILES string of the molecule is C#CC(=CCCl)C(C)CCCC. The van der Waals surface area contributed by atoms with Gasteiger partial charge in [0.2, 0.25) is 0 Å². The molecule has 0 aromatic rings. The van der Waals surface area contributed by atoms with Crippen molar-refractivity contribution < 1.29 is 0 Å². The van der Waals surface area contributed by atoms with E-state index in [1.165, 1.54) is 19.3 Å². The third kappa shape index (κ3) is 4.46. The minimum Gasteiger partial charge on any atom is -0.122 e. The highest BCUT2D eigenvalue weighted by Gasteiger charge is 2.04. The highest BCUT2D eigenvalue weighted by atomic mass is 35.5. The van der Waals surface area contributed by atoms with Gasteiger partial charge in [0.1, 0.15) is 0 Å². The van der Waals surface area contributed by atoms with Gasteiger partial charge < -0.3 is 0 Å². The fraction of sp³-hybridized carbons (Fsp3) is 0.636. The van der Waals surface area contributed by atoms with E-state index in [2.05, 4.69) is 19.8 Å². The molecule has 0 saturated heterocycles. The zero-order valence-electron chi connectivity index (χ0n) is 7.94. The Morgan fingerprint density at radius 3 is 2.75 bits per heavy atom. The highest BCUT2D eigenvalue weighted by Crippen LogP contribution is 2.16. The van der Waals surface area contributed by atoms with Crippen LogP contribution in [0.5, 0.6) is 0 Å². The maximum absolute atomic E-state index is 5.58. The Kier molecular flexibility index (Phi) is 7.00. The summed E-state index contributed by atoms with van der Waals surface area (Å²) < 4.78 is 0. The van der Waals surface area contributed by atoms with Gasteiger partial charge in [-0.25, -0.2) is 0 Å². The molecule has 0 amide bonds. The fourth-order valence-corrected chi connectivity index (χ4v) is 1.32. The zero-order valence-corrected chi connectivity index (χ0v) is 8.69. The molecule has 0 saturated carbocycles. The minimum atomic E-state index is 0.494. The quantitative estimate of drug-likeness (QED) is 0.453. The maximum atomic E-state index is 5.58. The molecule has 68 valence electrons. The molecule has 0 heterocycles. The van der Waals surface area contributed by atoms with Crippen LogP contribution in [0.4, 0.5) is 0 Å². The number of halogens is 1. The predicted octanol–water partition coefficient (Wildman–Crippen LogP) is 3.61. The molecule has 0 nitrogen and oxygen atoms in total. The van der Waals surface area contributed by atoms with Crippen molar-refractivity contribution in [1.29, 1.82) is 0 Å². The Morgan fingerprint density at radius 2 is 2.33 bits per heavy atom. The molecule has 0 aromatic carbocycles. The van der Waals surface area contributed by atoms with Crippen molar-refractivity contribution in [3.63, 3.8) is 0 Å². The molecule has 0 aliphatic carbocycles. The Morgan fingerprint density at radius 1 is 1.67 bits per heavy atom. The van der Waals surface area contributed by atoms with E-state index in [1.54, 1.807) is 0 Å². The van der Waals surface area contributed by atoms with Crippen LogP contribution in [0.25, 0.3) is 0 Å². The lowest BCUT2D eigenvalue weighted by Crippen LogP contribution is -1.97. The van der Waals surface area contributed by atoms with Crippen molar-refractivity contribution in [3.8, 4) is 12.3 Å². The van der Waals surface area contributed by atoms with Gasteiger partial charge in [-0.1, -0.05) is 38.7 Å². The maximum Gasteiger partial charge on any atom is 0.0416 e. The number of unbranched alkanes of at least 4 members (excludes halogenated alkanes) is 1. The molecule has 1 heteroatoms. The van der Waals surface area contributed by atoms with Gasteiger partial charge in [-0.3, -0.25) is 0 Å². The highest BCUT2D eigenvalue weighted by molar-refractivity contribution is 6.19. The largest absolute Gasteiger partial charge is 0.122 e. The third-order valence-electron chi connectivity index (χ3n) is 1.99. The standard InChI is InChI=1S/C11H17Cl/c1-4-6-7-10(3)11(5-2)8-9-12/h2,8,10H,4,6-7,9H2,1,3H3. The molecule has 0 aliphatic heterocycles. The number of allylic oxidation sites excluding steroid dienone is 2. The van der Waals surface area contributed by atoms with Gasteiger partial charge in [0.15, 0.2) is 0 Å². The molecule has 0 radical (unpaired) electrons. The molecule has 0 N–H and O–H groups in total. The molecule has 0 rings (SSSR count). The van der Waals surface area contributed by atoms with E-state index in [4.69, 9.17) is 18.0 Å². The molecular formula is C11H17Cl. The van der Waals surface area contributed by atoms with Gasteiger partial charge in [0, 0.05) is 11.5 Å². The lowest BCUT2D eigenvalue weighted by molar-refractivity contribution is 0.583. The number of alkyl halides is 1. The Labute approximate surface area is 81.0 Å². The van der Waals surface area contributed by atoms with Crippen molar-refractivity contribution >= 4 is 11.6 Å². The first-order chi connectivity index (χ1) is 5.76. The molecule has 1 unspecified atom stereocenters. The summed E-state index contributed by atoms with van der Waals surface area (Å²) in [7, 11) is 0. The second-order valence-electron chi connectivity index (χ2n) is 3.00. The second kappa shape index (κ2) is 7.25. The molecular weight excluding hydrogens is 168 g/mol. The van der Waals surface area contributed by atoms with Crippen molar-refractivity contribution in [2.45, 2.75) is 33.1 Å². The number of rotatable bonds is 5. The summed E-state index contributed by atoms with van der Waals surface area (Å²) in [5.41, 5.74) is 1.05. The Hall–Kier alpha value is -0.410. The fourth-order valence-electron chi connectivity index (χ4n) is 1.15. The summed E-state index contributed by atoms with van der Waals surface area (Å²) >= 11 is 5.58. The van der Waals surface area contributed by atoms with E-state index >= 15 is 0 Å². The van der Waals surface area contributed by atoms with Crippen molar-refractivity contribution in [2.75, 3.05) is 5.88 Å². The van der Waals surface area contributed by atoms with Gasteiger partial charge in [0.25, 0.3) is 0 Å². The Balaban J connectivity index is 3.96. The normalized spacial score (nSPS) is 14.0. The number of hydrogen-bond donors (Lipinski definition) is 0. The van der Waals surface area contributed by atoms with Crippen molar-refractivity contribution in [1.82, 2.24) is 0 Å². The average Bonchev–Trinajstić information content (AvgIpc) is 2.10. The third-order valence-corrected chi connectivity index (χ3v) is 2.14. The van der Waals surface area contributed by atoms with Crippen LogP contribution in [0, 0.1) is 18.3 Å². The molecule has 12 heavy (non-hydrogen) atoms. The molecule has 0 spiro atoms. The number of terminal acetylenes is 1. The molecule has 0 aromatic heterocycles. The lowest BCUT2D eigenvalue weighted by atomic mass is 9.96. The van der Waals surface area contributed by atoms with Crippen LogP contribution in [-0.2, 0) is 0 Å². The summed E-state index contributed by atoms with van der Waals surface area (Å²) in [5.74, 6) is 3.71. The smallest absolute Gasteiger partial charge is 0.0416 e. The van der Waals surface area contributed by atoms with Crippen molar-refractivity contribution in [2.24, 2.45) is 5.92 Å². The van der Waals surface area contributed by atoms with Crippen LogP contribution in [0.3, 0.4) is 0 Å². The zero-order chi connectivity index (χ0) is 9.40. The molecule has 0 fully saturated rings. The summed E-state index contributed by atoms with van der Waals surface area (Å²) in [5, 5.41) is 0. The molecule has 1 atom stereocenters. The van der Waals surface area contributed by atoms with Crippen LogP contribution in [-0.4, -0.2) is 5.88 Å². The van der Waals surface area contributed by atoms with Gasteiger partial charge in [0.05, 0.1) is 0 Å². The average molecular weight is 185 g/mol. The van der Waals surface area contributed by atoms with Gasteiger partial charge in [-0.2, -0.15) is 0 Å².